The van der Waals surface area contributed by atoms with Crippen LogP contribution < -0.4 is 10.6 Å². The van der Waals surface area contributed by atoms with Gasteiger partial charge >= 0.3 is 0 Å². The maximum Gasteiger partial charge on any atom is 0.255 e. The molecular formula is C16H15N5O. The maximum atomic E-state index is 12.4. The Bertz CT molecular complexity index is 883. The molecule has 2 aromatic carbocycles. The molecule has 0 unspecified atom stereocenters. The number of aromatic nitrogens is 3. The van der Waals surface area contributed by atoms with Gasteiger partial charge in [0.25, 0.3) is 5.91 Å². The maximum absolute atomic E-state index is 12.4. The van der Waals surface area contributed by atoms with Crippen LogP contribution in [-0.2, 0) is 13.1 Å². The molecule has 0 saturated heterocycles. The third kappa shape index (κ3) is 2.14. The molecule has 0 aliphatic carbocycles. The number of aromatic amines is 1. The Labute approximate surface area is 126 Å². The zero-order chi connectivity index (χ0) is 15.1. The van der Waals surface area contributed by atoms with Crippen molar-refractivity contribution >= 4 is 22.6 Å². The molecule has 2 heterocycles. The fourth-order valence-corrected chi connectivity index (χ4v) is 2.83. The molecule has 0 radical (unpaired) electrons. The van der Waals surface area contributed by atoms with E-state index < -0.39 is 0 Å². The summed E-state index contributed by atoms with van der Waals surface area (Å²) in [6, 6.07) is 9.59. The second-order valence-corrected chi connectivity index (χ2v) is 5.53. The molecule has 0 atom stereocenters. The minimum Gasteiger partial charge on any atom is -0.322 e. The van der Waals surface area contributed by atoms with Gasteiger partial charge in [0.15, 0.2) is 0 Å². The average molecular weight is 293 g/mol. The van der Waals surface area contributed by atoms with Crippen LogP contribution in [0.1, 0.15) is 27.0 Å². The van der Waals surface area contributed by atoms with Gasteiger partial charge in [0, 0.05) is 24.3 Å². The number of carbonyl (C=O) groups excluding carboxylic acids is 1. The van der Waals surface area contributed by atoms with Crippen LogP contribution in [0.25, 0.3) is 11.0 Å². The van der Waals surface area contributed by atoms with Crippen LogP contribution in [0, 0.1) is 6.92 Å². The number of rotatable bonds is 2. The Balaban J connectivity index is 1.63. The summed E-state index contributed by atoms with van der Waals surface area (Å²) in [6.45, 7) is 3.66. The largest absolute Gasteiger partial charge is 0.322 e. The van der Waals surface area contributed by atoms with Crippen LogP contribution in [0.5, 0.6) is 0 Å². The van der Waals surface area contributed by atoms with Crippen molar-refractivity contribution in [2.24, 2.45) is 0 Å². The SMILES string of the molecule is Cc1cc(C(=O)Nc2ccc3c(c2)CNC3)cc2n[nH]nc12. The standard InChI is InChI=1S/C16H15N5O/c1-9-4-11(6-14-15(9)20-21-19-14)16(22)18-13-3-2-10-7-17-8-12(10)5-13/h2-6,17H,7-8H2,1H3,(H,18,22)(H,19,20,21). The van der Waals surface area contributed by atoms with E-state index in [1.807, 2.05) is 25.1 Å². The van der Waals surface area contributed by atoms with Crippen LogP contribution >= 0.6 is 0 Å². The molecule has 0 bridgehead atoms. The lowest BCUT2D eigenvalue weighted by atomic mass is 10.1. The molecule has 0 spiro atoms. The predicted molar refractivity (Wildman–Crippen MR) is 83.6 cm³/mol. The zero-order valence-corrected chi connectivity index (χ0v) is 12.1. The second kappa shape index (κ2) is 4.92. The van der Waals surface area contributed by atoms with Crippen LogP contribution in [-0.4, -0.2) is 21.3 Å². The van der Waals surface area contributed by atoms with Crippen LogP contribution in [0.3, 0.4) is 0 Å². The molecule has 3 N–H and O–H groups in total. The summed E-state index contributed by atoms with van der Waals surface area (Å²) in [4.78, 5) is 12.4. The highest BCUT2D eigenvalue weighted by Crippen LogP contribution is 2.21. The number of hydrogen-bond acceptors (Lipinski definition) is 4. The highest BCUT2D eigenvalue weighted by Gasteiger charge is 2.14. The number of H-pyrrole nitrogens is 1. The average Bonchev–Trinajstić information content (AvgIpc) is 3.15. The van der Waals surface area contributed by atoms with E-state index in [2.05, 4.69) is 32.1 Å². The Morgan fingerprint density at radius 1 is 1.14 bits per heavy atom. The number of nitrogens with one attached hydrogen (secondary N) is 3. The van der Waals surface area contributed by atoms with Gasteiger partial charge in [0.1, 0.15) is 11.0 Å². The lowest BCUT2D eigenvalue weighted by Crippen LogP contribution is -2.12. The van der Waals surface area contributed by atoms with Gasteiger partial charge in [-0.15, -0.1) is 0 Å². The molecule has 22 heavy (non-hydrogen) atoms. The van der Waals surface area contributed by atoms with Crippen LogP contribution in [0.2, 0.25) is 0 Å². The molecule has 1 aliphatic rings. The fourth-order valence-electron chi connectivity index (χ4n) is 2.83. The number of benzene rings is 2. The first kappa shape index (κ1) is 13.0. The van der Waals surface area contributed by atoms with Crippen LogP contribution in [0.4, 0.5) is 5.69 Å². The van der Waals surface area contributed by atoms with Gasteiger partial charge < -0.3 is 10.6 Å². The van der Waals surface area contributed by atoms with E-state index in [0.29, 0.717) is 11.1 Å². The van der Waals surface area contributed by atoms with Crippen molar-refractivity contribution in [3.63, 3.8) is 0 Å². The zero-order valence-electron chi connectivity index (χ0n) is 12.1. The van der Waals surface area contributed by atoms with Gasteiger partial charge in [-0.05, 0) is 47.9 Å². The normalized spacial score (nSPS) is 13.3. The monoisotopic (exact) mass is 293 g/mol. The number of aryl methyl sites for hydroxylation is 1. The molecule has 1 amide bonds. The summed E-state index contributed by atoms with van der Waals surface area (Å²) in [6.07, 6.45) is 0. The topological polar surface area (TPSA) is 82.7 Å². The van der Waals surface area contributed by atoms with E-state index in [1.54, 1.807) is 6.07 Å². The summed E-state index contributed by atoms with van der Waals surface area (Å²) < 4.78 is 0. The fraction of sp³-hybridized carbons (Fsp3) is 0.188. The third-order valence-electron chi connectivity index (χ3n) is 3.97. The van der Waals surface area contributed by atoms with E-state index in [9.17, 15) is 4.79 Å². The number of amides is 1. The Morgan fingerprint density at radius 2 is 2.00 bits per heavy atom. The lowest BCUT2D eigenvalue weighted by Gasteiger charge is -2.08. The van der Waals surface area contributed by atoms with Crippen molar-refractivity contribution in [1.82, 2.24) is 20.7 Å². The number of anilines is 1. The van der Waals surface area contributed by atoms with E-state index >= 15 is 0 Å². The van der Waals surface area contributed by atoms with Crippen molar-refractivity contribution < 1.29 is 4.79 Å². The first-order chi connectivity index (χ1) is 10.7. The molecule has 1 aliphatic heterocycles. The number of carbonyl (C=O) groups is 1. The van der Waals surface area contributed by atoms with Crippen molar-refractivity contribution in [2.45, 2.75) is 20.0 Å². The van der Waals surface area contributed by atoms with Crippen molar-refractivity contribution in [1.29, 1.82) is 0 Å². The van der Waals surface area contributed by atoms with Gasteiger partial charge in [-0.3, -0.25) is 4.79 Å². The quantitative estimate of drug-likeness (QED) is 0.676. The molecule has 0 fully saturated rings. The highest BCUT2D eigenvalue weighted by molar-refractivity contribution is 6.06. The van der Waals surface area contributed by atoms with Crippen molar-refractivity contribution in [3.8, 4) is 0 Å². The first-order valence-corrected chi connectivity index (χ1v) is 7.16. The van der Waals surface area contributed by atoms with Gasteiger partial charge in [0.05, 0.1) is 0 Å². The smallest absolute Gasteiger partial charge is 0.255 e. The highest BCUT2D eigenvalue weighted by atomic mass is 16.1. The number of fused-ring (bicyclic) bond motifs is 2. The van der Waals surface area contributed by atoms with Crippen molar-refractivity contribution in [3.05, 3.63) is 52.6 Å². The van der Waals surface area contributed by atoms with E-state index in [1.165, 1.54) is 11.1 Å². The summed E-state index contributed by atoms with van der Waals surface area (Å²) in [5.74, 6) is -0.140. The van der Waals surface area contributed by atoms with Gasteiger partial charge in [-0.25, -0.2) is 0 Å². The molecule has 0 saturated carbocycles. The van der Waals surface area contributed by atoms with E-state index in [4.69, 9.17) is 0 Å². The summed E-state index contributed by atoms with van der Waals surface area (Å²) in [5.41, 5.74) is 6.33. The van der Waals surface area contributed by atoms with Gasteiger partial charge in [0.2, 0.25) is 0 Å². The minimum absolute atomic E-state index is 0.140. The third-order valence-corrected chi connectivity index (χ3v) is 3.97. The van der Waals surface area contributed by atoms with E-state index in [0.717, 1.165) is 29.9 Å². The molecule has 4 rings (SSSR count). The second-order valence-electron chi connectivity index (χ2n) is 5.53. The molecule has 6 nitrogen and oxygen atoms in total. The molecule has 110 valence electrons. The summed E-state index contributed by atoms with van der Waals surface area (Å²) in [5, 5.41) is 16.9. The molecule has 1 aromatic heterocycles. The van der Waals surface area contributed by atoms with Gasteiger partial charge in [-0.1, -0.05) is 6.07 Å². The number of nitrogens with zero attached hydrogens (tertiary/aromatic N) is 2. The van der Waals surface area contributed by atoms with E-state index in [-0.39, 0.29) is 5.91 Å². The summed E-state index contributed by atoms with van der Waals surface area (Å²) in [7, 11) is 0. The van der Waals surface area contributed by atoms with Crippen molar-refractivity contribution in [2.75, 3.05) is 5.32 Å². The molecule has 6 heteroatoms. The first-order valence-electron chi connectivity index (χ1n) is 7.16. The predicted octanol–water partition coefficient (Wildman–Crippen LogP) is 2.12. The molecular weight excluding hydrogens is 278 g/mol. The van der Waals surface area contributed by atoms with Crippen LogP contribution in [0.15, 0.2) is 30.3 Å². The Kier molecular flexibility index (Phi) is 2.90. The Hall–Kier alpha value is -2.73. The molecule has 3 aromatic rings. The Morgan fingerprint density at radius 3 is 2.91 bits per heavy atom. The number of hydrogen-bond donors (Lipinski definition) is 3. The minimum atomic E-state index is -0.140. The summed E-state index contributed by atoms with van der Waals surface area (Å²) >= 11 is 0. The lowest BCUT2D eigenvalue weighted by molar-refractivity contribution is 0.102. The van der Waals surface area contributed by atoms with Gasteiger partial charge in [-0.2, -0.15) is 15.4 Å².